The van der Waals surface area contributed by atoms with E-state index in [0.29, 0.717) is 5.69 Å². The Bertz CT molecular complexity index is 889. The summed E-state index contributed by atoms with van der Waals surface area (Å²) in [5.74, 6) is -0.600. The van der Waals surface area contributed by atoms with Crippen LogP contribution in [-0.4, -0.2) is 20.6 Å². The molecule has 2 atom stereocenters. The molecular weight excluding hydrogens is 314 g/mol. The van der Waals surface area contributed by atoms with Gasteiger partial charge in [-0.05, 0) is 30.7 Å². The van der Waals surface area contributed by atoms with Gasteiger partial charge in [-0.25, -0.2) is 12.7 Å². The number of carbonyl (C=O) groups is 1. The van der Waals surface area contributed by atoms with E-state index in [2.05, 4.69) is 0 Å². The Morgan fingerprint density at radius 2 is 1.78 bits per heavy atom. The predicted octanol–water partition coefficient (Wildman–Crippen LogP) is 2.56. The van der Waals surface area contributed by atoms with Gasteiger partial charge in [-0.15, -0.1) is 0 Å². The lowest BCUT2D eigenvalue weighted by atomic mass is 9.99. The molecule has 2 heterocycles. The molecule has 0 spiro atoms. The highest BCUT2D eigenvalue weighted by Crippen LogP contribution is 2.48. The van der Waals surface area contributed by atoms with Crippen molar-refractivity contribution in [2.45, 2.75) is 30.4 Å². The fourth-order valence-electron chi connectivity index (χ4n) is 3.25. The Labute approximate surface area is 134 Å². The van der Waals surface area contributed by atoms with Gasteiger partial charge in [-0.3, -0.25) is 4.79 Å². The molecule has 2 aliphatic heterocycles. The van der Waals surface area contributed by atoms with Gasteiger partial charge in [-0.1, -0.05) is 35.9 Å². The summed E-state index contributed by atoms with van der Waals surface area (Å²) < 4.78 is 32.8. The number of nitrogens with zero attached hydrogens (tertiary/aromatic N) is 1. The molecule has 0 amide bonds. The number of aryl methyl sites for hydroxylation is 1. The standard InChI is InChI=1S/C17H15NO4S/c1-11-6-8-12(9-7-11)23(20,21)18-15-5-3-2-4-13(15)14-10-16(19)22-17(14)18/h2-9,14,17H,10H2,1H3/t14-,17-/m0/s1. The highest BCUT2D eigenvalue weighted by Gasteiger charge is 2.51. The Balaban J connectivity index is 1.87. The van der Waals surface area contributed by atoms with Gasteiger partial charge in [0.1, 0.15) is 0 Å². The van der Waals surface area contributed by atoms with Crippen LogP contribution in [0.2, 0.25) is 0 Å². The lowest BCUT2D eigenvalue weighted by Gasteiger charge is -2.25. The highest BCUT2D eigenvalue weighted by atomic mass is 32.2. The second-order valence-corrected chi connectivity index (χ2v) is 7.68. The van der Waals surface area contributed by atoms with Crippen LogP contribution in [0, 0.1) is 6.92 Å². The molecule has 23 heavy (non-hydrogen) atoms. The SMILES string of the molecule is Cc1ccc(S(=O)(=O)N2c3ccccc3[C@@H]3CC(=O)O[C@@H]32)cc1. The number of sulfonamides is 1. The average Bonchev–Trinajstić information content (AvgIpc) is 3.02. The van der Waals surface area contributed by atoms with Crippen molar-refractivity contribution in [1.29, 1.82) is 0 Å². The maximum atomic E-state index is 13.1. The van der Waals surface area contributed by atoms with Crippen LogP contribution in [0.1, 0.15) is 23.5 Å². The van der Waals surface area contributed by atoms with E-state index < -0.39 is 16.3 Å². The zero-order valence-electron chi connectivity index (χ0n) is 12.5. The first kappa shape index (κ1) is 14.3. The van der Waals surface area contributed by atoms with E-state index in [4.69, 9.17) is 4.74 Å². The number of esters is 1. The maximum absolute atomic E-state index is 13.1. The zero-order chi connectivity index (χ0) is 16.2. The molecule has 0 radical (unpaired) electrons. The van der Waals surface area contributed by atoms with Crippen LogP contribution in [0.3, 0.4) is 0 Å². The van der Waals surface area contributed by atoms with Gasteiger partial charge in [-0.2, -0.15) is 0 Å². The van der Waals surface area contributed by atoms with Gasteiger partial charge in [0.15, 0.2) is 6.23 Å². The van der Waals surface area contributed by atoms with Gasteiger partial charge >= 0.3 is 5.97 Å². The Morgan fingerprint density at radius 3 is 2.52 bits per heavy atom. The summed E-state index contributed by atoms with van der Waals surface area (Å²) in [4.78, 5) is 11.9. The summed E-state index contributed by atoms with van der Waals surface area (Å²) >= 11 is 0. The van der Waals surface area contributed by atoms with Crippen LogP contribution in [0.15, 0.2) is 53.4 Å². The second kappa shape index (κ2) is 4.83. The minimum atomic E-state index is -3.79. The number of benzene rings is 2. The highest BCUT2D eigenvalue weighted by molar-refractivity contribution is 7.92. The van der Waals surface area contributed by atoms with Crippen molar-refractivity contribution < 1.29 is 17.9 Å². The van der Waals surface area contributed by atoms with Crippen molar-refractivity contribution in [3.63, 3.8) is 0 Å². The minimum absolute atomic E-state index is 0.196. The van der Waals surface area contributed by atoms with Crippen molar-refractivity contribution in [2.24, 2.45) is 0 Å². The molecule has 5 nitrogen and oxygen atoms in total. The Morgan fingerprint density at radius 1 is 1.09 bits per heavy atom. The van der Waals surface area contributed by atoms with Crippen LogP contribution in [0.25, 0.3) is 0 Å². The van der Waals surface area contributed by atoms with Gasteiger partial charge in [0, 0.05) is 0 Å². The van der Waals surface area contributed by atoms with Crippen LogP contribution < -0.4 is 4.31 Å². The van der Waals surface area contributed by atoms with E-state index in [0.717, 1.165) is 11.1 Å². The fraction of sp³-hybridized carbons (Fsp3) is 0.235. The number of fused-ring (bicyclic) bond motifs is 3. The molecule has 1 saturated heterocycles. The van der Waals surface area contributed by atoms with Crippen LogP contribution in [0.4, 0.5) is 5.69 Å². The molecule has 1 fully saturated rings. The second-order valence-electron chi connectivity index (χ2n) is 5.86. The molecule has 2 aromatic carbocycles. The summed E-state index contributed by atoms with van der Waals surface area (Å²) in [6.45, 7) is 1.90. The van der Waals surface area contributed by atoms with E-state index in [-0.39, 0.29) is 23.2 Å². The average molecular weight is 329 g/mol. The van der Waals surface area contributed by atoms with Gasteiger partial charge < -0.3 is 4.74 Å². The summed E-state index contributed by atoms with van der Waals surface area (Å²) in [7, 11) is -3.79. The molecule has 0 N–H and O–H groups in total. The summed E-state index contributed by atoms with van der Waals surface area (Å²) in [6, 6.07) is 13.9. The Hall–Kier alpha value is -2.34. The van der Waals surface area contributed by atoms with Crippen molar-refractivity contribution in [2.75, 3.05) is 4.31 Å². The fourth-order valence-corrected chi connectivity index (χ4v) is 4.84. The van der Waals surface area contributed by atoms with Gasteiger partial charge in [0.05, 0.1) is 22.9 Å². The largest absolute Gasteiger partial charge is 0.440 e. The summed E-state index contributed by atoms with van der Waals surface area (Å²) in [5.41, 5.74) is 2.42. The molecule has 0 bridgehead atoms. The molecule has 0 aromatic heterocycles. The number of anilines is 1. The van der Waals surface area contributed by atoms with Crippen molar-refractivity contribution in [3.8, 4) is 0 Å². The number of carbonyl (C=O) groups excluding carboxylic acids is 1. The van der Waals surface area contributed by atoms with E-state index in [1.54, 1.807) is 36.4 Å². The molecular formula is C17H15NO4S. The van der Waals surface area contributed by atoms with E-state index in [1.165, 1.54) is 4.31 Å². The van der Waals surface area contributed by atoms with Crippen LogP contribution >= 0.6 is 0 Å². The predicted molar refractivity (Wildman–Crippen MR) is 84.5 cm³/mol. The first-order chi connectivity index (χ1) is 11.0. The number of ether oxygens (including phenoxy) is 1. The zero-order valence-corrected chi connectivity index (χ0v) is 13.3. The maximum Gasteiger partial charge on any atom is 0.308 e. The van der Waals surface area contributed by atoms with Crippen LogP contribution in [-0.2, 0) is 19.6 Å². The molecule has 2 aromatic rings. The van der Waals surface area contributed by atoms with E-state index in [1.807, 2.05) is 19.1 Å². The first-order valence-electron chi connectivity index (χ1n) is 7.38. The quantitative estimate of drug-likeness (QED) is 0.794. The smallest absolute Gasteiger partial charge is 0.308 e. The van der Waals surface area contributed by atoms with Gasteiger partial charge in [0.2, 0.25) is 0 Å². The molecule has 118 valence electrons. The Kier molecular flexibility index (Phi) is 2.99. The van der Waals surface area contributed by atoms with Crippen molar-refractivity contribution in [3.05, 3.63) is 59.7 Å². The summed E-state index contributed by atoms with van der Waals surface area (Å²) in [6.07, 6.45) is -0.576. The topological polar surface area (TPSA) is 63.7 Å². The normalized spacial score (nSPS) is 22.7. The van der Waals surface area contributed by atoms with Crippen molar-refractivity contribution in [1.82, 2.24) is 0 Å². The van der Waals surface area contributed by atoms with Gasteiger partial charge in [0.25, 0.3) is 10.0 Å². The third-order valence-electron chi connectivity index (χ3n) is 4.37. The monoisotopic (exact) mass is 329 g/mol. The summed E-state index contributed by atoms with van der Waals surface area (Å²) in [5, 5.41) is 0. The van der Waals surface area contributed by atoms with Crippen LogP contribution in [0.5, 0.6) is 0 Å². The third-order valence-corrected chi connectivity index (χ3v) is 6.16. The molecule has 2 aliphatic rings. The number of hydrogen-bond donors (Lipinski definition) is 0. The number of para-hydroxylation sites is 1. The lowest BCUT2D eigenvalue weighted by Crippen LogP contribution is -2.38. The van der Waals surface area contributed by atoms with E-state index in [9.17, 15) is 13.2 Å². The third kappa shape index (κ3) is 2.05. The molecule has 0 unspecified atom stereocenters. The minimum Gasteiger partial charge on any atom is -0.440 e. The lowest BCUT2D eigenvalue weighted by molar-refractivity contribution is -0.140. The van der Waals surface area contributed by atoms with E-state index >= 15 is 0 Å². The first-order valence-corrected chi connectivity index (χ1v) is 8.82. The number of rotatable bonds is 2. The molecule has 0 aliphatic carbocycles. The number of hydrogen-bond acceptors (Lipinski definition) is 4. The molecule has 4 rings (SSSR count). The van der Waals surface area contributed by atoms with Crippen molar-refractivity contribution >= 4 is 21.7 Å². The molecule has 6 heteroatoms. The molecule has 0 saturated carbocycles.